The number of aromatic nitrogens is 4. The number of aliphatic hydroxyl groups excluding tert-OH is 1. The molecule has 128 valence electrons. The number of nitrogens with one attached hydrogen (secondary N) is 2. The molecule has 1 saturated carbocycles. The minimum Gasteiger partial charge on any atom is -0.393 e. The zero-order chi connectivity index (χ0) is 17.4. The Kier molecular flexibility index (Phi) is 3.93. The van der Waals surface area contributed by atoms with Gasteiger partial charge in [-0.2, -0.15) is 15.4 Å². The van der Waals surface area contributed by atoms with Gasteiger partial charge in [0, 0.05) is 11.6 Å². The quantitative estimate of drug-likeness (QED) is 0.674. The molecule has 1 aromatic carbocycles. The van der Waals surface area contributed by atoms with Crippen molar-refractivity contribution in [2.45, 2.75) is 31.9 Å². The Labute approximate surface area is 144 Å². The molecule has 1 amide bonds. The highest BCUT2D eigenvalue weighted by Crippen LogP contribution is 2.38. The summed E-state index contributed by atoms with van der Waals surface area (Å²) in [5, 5.41) is 24.1. The Balaban J connectivity index is 1.65. The van der Waals surface area contributed by atoms with Crippen LogP contribution in [0, 0.1) is 12.8 Å². The summed E-state index contributed by atoms with van der Waals surface area (Å²) in [5.41, 5.74) is 2.70. The maximum atomic E-state index is 12.6. The van der Waals surface area contributed by atoms with Gasteiger partial charge < -0.3 is 10.4 Å². The first-order valence-electron chi connectivity index (χ1n) is 8.33. The number of aromatic amines is 1. The smallest absolute Gasteiger partial charge is 0.274 e. The van der Waals surface area contributed by atoms with Gasteiger partial charge in [0.05, 0.1) is 23.4 Å². The molecule has 2 heterocycles. The fourth-order valence-electron chi connectivity index (χ4n) is 3.34. The first kappa shape index (κ1) is 15.7. The van der Waals surface area contributed by atoms with E-state index < -0.39 is 0 Å². The molecule has 0 spiro atoms. The Bertz CT molecular complexity index is 916. The van der Waals surface area contributed by atoms with Crippen LogP contribution >= 0.6 is 0 Å². The molecule has 0 aliphatic heterocycles. The number of para-hydroxylation sites is 1. The highest BCUT2D eigenvalue weighted by atomic mass is 16.3. The molecular weight excluding hydrogens is 318 g/mol. The van der Waals surface area contributed by atoms with Gasteiger partial charge in [-0.3, -0.25) is 9.78 Å². The predicted molar refractivity (Wildman–Crippen MR) is 91.8 cm³/mol. The van der Waals surface area contributed by atoms with Crippen molar-refractivity contribution in [2.24, 2.45) is 5.92 Å². The molecule has 25 heavy (non-hydrogen) atoms. The first-order chi connectivity index (χ1) is 12.1. The molecule has 3 N–H and O–H groups in total. The van der Waals surface area contributed by atoms with Crippen LogP contribution in [0.15, 0.2) is 36.5 Å². The second-order valence-electron chi connectivity index (χ2n) is 6.56. The highest BCUT2D eigenvalue weighted by molar-refractivity contribution is 5.93. The molecule has 2 aromatic heterocycles. The molecule has 7 heteroatoms. The maximum Gasteiger partial charge on any atom is 0.274 e. The number of carbonyl (C=O) groups is 1. The first-order valence-corrected chi connectivity index (χ1v) is 8.33. The van der Waals surface area contributed by atoms with Crippen molar-refractivity contribution < 1.29 is 9.90 Å². The summed E-state index contributed by atoms with van der Waals surface area (Å²) >= 11 is 0. The molecule has 3 aromatic rings. The molecule has 1 atom stereocenters. The molecule has 1 aliphatic carbocycles. The van der Waals surface area contributed by atoms with Crippen molar-refractivity contribution in [3.8, 4) is 0 Å². The van der Waals surface area contributed by atoms with Crippen molar-refractivity contribution in [3.05, 3.63) is 53.5 Å². The number of benzene rings is 1. The van der Waals surface area contributed by atoms with Crippen LogP contribution in [0.2, 0.25) is 0 Å². The van der Waals surface area contributed by atoms with E-state index in [1.807, 2.05) is 30.3 Å². The Hall–Kier alpha value is -2.80. The van der Waals surface area contributed by atoms with E-state index in [-0.39, 0.29) is 24.0 Å². The minimum atomic E-state index is -0.299. The minimum absolute atomic E-state index is 0.175. The average molecular weight is 337 g/mol. The normalized spacial score (nSPS) is 20.9. The van der Waals surface area contributed by atoms with E-state index >= 15 is 0 Å². The topological polar surface area (TPSA) is 104 Å². The van der Waals surface area contributed by atoms with Gasteiger partial charge >= 0.3 is 0 Å². The van der Waals surface area contributed by atoms with Gasteiger partial charge in [-0.1, -0.05) is 18.2 Å². The van der Waals surface area contributed by atoms with Crippen molar-refractivity contribution in [2.75, 3.05) is 0 Å². The van der Waals surface area contributed by atoms with Crippen molar-refractivity contribution >= 4 is 16.8 Å². The predicted octanol–water partition coefficient (Wildman–Crippen LogP) is 1.90. The van der Waals surface area contributed by atoms with Gasteiger partial charge in [-0.25, -0.2) is 0 Å². The summed E-state index contributed by atoms with van der Waals surface area (Å²) in [6, 6.07) is 9.70. The van der Waals surface area contributed by atoms with Crippen LogP contribution in [0.3, 0.4) is 0 Å². The molecule has 7 nitrogen and oxygen atoms in total. The van der Waals surface area contributed by atoms with Gasteiger partial charge in [0.1, 0.15) is 0 Å². The van der Waals surface area contributed by atoms with E-state index in [0.29, 0.717) is 24.2 Å². The third-order valence-electron chi connectivity index (χ3n) is 4.82. The monoisotopic (exact) mass is 337 g/mol. The lowest BCUT2D eigenvalue weighted by atomic mass is 9.75. The summed E-state index contributed by atoms with van der Waals surface area (Å²) in [6.07, 6.45) is 2.82. The number of H-pyrrole nitrogens is 1. The largest absolute Gasteiger partial charge is 0.393 e. The average Bonchev–Trinajstić information content (AvgIpc) is 3.03. The SMILES string of the molecule is Cc1n[nH]nc1C(=O)N[C@H](c1cnc2ccccc2c1)C1CC(O)C1. The van der Waals surface area contributed by atoms with Gasteiger partial charge in [0.25, 0.3) is 5.91 Å². The molecule has 0 saturated heterocycles. The molecule has 4 rings (SSSR count). The van der Waals surface area contributed by atoms with Crippen molar-refractivity contribution in [3.63, 3.8) is 0 Å². The molecule has 0 radical (unpaired) electrons. The molecule has 1 aliphatic rings. The number of carbonyl (C=O) groups excluding carboxylic acids is 1. The van der Waals surface area contributed by atoms with Crippen LogP contribution in [0.5, 0.6) is 0 Å². The molecular formula is C18H19N5O2. The van der Waals surface area contributed by atoms with E-state index in [0.717, 1.165) is 16.5 Å². The number of rotatable bonds is 4. The fraction of sp³-hybridized carbons (Fsp3) is 0.333. The Morgan fingerprint density at radius 2 is 2.12 bits per heavy atom. The third kappa shape index (κ3) is 2.98. The highest BCUT2D eigenvalue weighted by Gasteiger charge is 2.36. The Morgan fingerprint density at radius 1 is 1.32 bits per heavy atom. The zero-order valence-corrected chi connectivity index (χ0v) is 13.8. The summed E-state index contributed by atoms with van der Waals surface area (Å²) in [5.74, 6) is -0.0973. The number of amides is 1. The molecule has 1 fully saturated rings. The zero-order valence-electron chi connectivity index (χ0n) is 13.8. The van der Waals surface area contributed by atoms with Gasteiger partial charge in [-0.15, -0.1) is 0 Å². The second-order valence-corrected chi connectivity index (χ2v) is 6.56. The van der Waals surface area contributed by atoms with Crippen molar-refractivity contribution in [1.29, 1.82) is 0 Å². The summed E-state index contributed by atoms with van der Waals surface area (Å²) in [7, 11) is 0. The van der Waals surface area contributed by atoms with Gasteiger partial charge in [0.15, 0.2) is 5.69 Å². The third-order valence-corrected chi connectivity index (χ3v) is 4.82. The van der Waals surface area contributed by atoms with Crippen LogP contribution in [0.25, 0.3) is 10.9 Å². The second kappa shape index (κ2) is 6.25. The lowest BCUT2D eigenvalue weighted by Gasteiger charge is -2.38. The van der Waals surface area contributed by atoms with Gasteiger partial charge in [-0.05, 0) is 43.4 Å². The number of hydrogen-bond donors (Lipinski definition) is 3. The van der Waals surface area contributed by atoms with E-state index in [2.05, 4.69) is 25.7 Å². The summed E-state index contributed by atoms with van der Waals surface area (Å²) < 4.78 is 0. The number of hydrogen-bond acceptors (Lipinski definition) is 5. The lowest BCUT2D eigenvalue weighted by Crippen LogP contribution is -2.41. The number of aryl methyl sites for hydroxylation is 1. The van der Waals surface area contributed by atoms with Crippen LogP contribution in [-0.2, 0) is 0 Å². The van der Waals surface area contributed by atoms with Crippen LogP contribution in [-0.4, -0.2) is 37.5 Å². The number of pyridine rings is 1. The van der Waals surface area contributed by atoms with Crippen LogP contribution in [0.4, 0.5) is 0 Å². The number of fused-ring (bicyclic) bond motifs is 1. The number of nitrogens with zero attached hydrogens (tertiary/aromatic N) is 3. The molecule has 0 unspecified atom stereocenters. The van der Waals surface area contributed by atoms with Crippen molar-refractivity contribution in [1.82, 2.24) is 25.7 Å². The summed E-state index contributed by atoms with van der Waals surface area (Å²) in [6.45, 7) is 1.73. The van der Waals surface area contributed by atoms with E-state index in [1.54, 1.807) is 13.1 Å². The molecule has 0 bridgehead atoms. The maximum absolute atomic E-state index is 12.6. The van der Waals surface area contributed by atoms with E-state index in [4.69, 9.17) is 0 Å². The van der Waals surface area contributed by atoms with Crippen LogP contribution < -0.4 is 5.32 Å². The van der Waals surface area contributed by atoms with E-state index in [1.165, 1.54) is 0 Å². The number of aliphatic hydroxyl groups is 1. The summed E-state index contributed by atoms with van der Waals surface area (Å²) in [4.78, 5) is 17.1. The van der Waals surface area contributed by atoms with Gasteiger partial charge in [0.2, 0.25) is 0 Å². The van der Waals surface area contributed by atoms with Crippen LogP contribution in [0.1, 0.15) is 40.6 Å². The fourth-order valence-corrected chi connectivity index (χ4v) is 3.34. The lowest BCUT2D eigenvalue weighted by molar-refractivity contribution is 0.0234. The standard InChI is InChI=1S/C18H19N5O2/c1-10-16(22-23-21-10)18(25)20-17(12-7-14(24)8-12)13-6-11-4-2-3-5-15(11)19-9-13/h2-6,9,12,14,17,24H,7-8H2,1H3,(H,20,25)(H,21,22,23)/t12?,14?,17-/m0/s1. The Morgan fingerprint density at radius 3 is 2.84 bits per heavy atom. The van der Waals surface area contributed by atoms with E-state index in [9.17, 15) is 9.90 Å².